The molecular weight excluding hydrogens is 189 g/mol. The van der Waals surface area contributed by atoms with Gasteiger partial charge < -0.3 is 0 Å². The van der Waals surface area contributed by atoms with Crippen LogP contribution in [0.5, 0.6) is 0 Å². The molecule has 3 heteroatoms. The van der Waals surface area contributed by atoms with Gasteiger partial charge in [0.15, 0.2) is 0 Å². The normalized spacial score (nSPS) is 10.7. The van der Waals surface area contributed by atoms with Crippen molar-refractivity contribution in [2.45, 2.75) is 6.92 Å². The van der Waals surface area contributed by atoms with Crippen LogP contribution in [0.1, 0.15) is 5.56 Å². The Bertz CT molecular complexity index is 468. The molecule has 2 aromatic rings. The molecule has 0 aliphatic heterocycles. The van der Waals surface area contributed by atoms with Gasteiger partial charge in [-0.3, -0.25) is 4.98 Å². The SMILES string of the molecule is Cc1ccnc2ccc(F)c(Cl)c12. The van der Waals surface area contributed by atoms with Crippen LogP contribution in [0.4, 0.5) is 4.39 Å². The summed E-state index contributed by atoms with van der Waals surface area (Å²) < 4.78 is 13.1. The van der Waals surface area contributed by atoms with Crippen LogP contribution in [0.2, 0.25) is 5.02 Å². The highest BCUT2D eigenvalue weighted by Gasteiger charge is 2.07. The number of pyridine rings is 1. The zero-order valence-electron chi connectivity index (χ0n) is 7.01. The summed E-state index contributed by atoms with van der Waals surface area (Å²) in [5.41, 5.74) is 1.67. The molecule has 0 aliphatic rings. The molecule has 1 aromatic heterocycles. The largest absolute Gasteiger partial charge is 0.256 e. The van der Waals surface area contributed by atoms with Crippen molar-refractivity contribution in [3.63, 3.8) is 0 Å². The van der Waals surface area contributed by atoms with Crippen molar-refractivity contribution in [2.24, 2.45) is 0 Å². The lowest BCUT2D eigenvalue weighted by Gasteiger charge is -2.03. The summed E-state index contributed by atoms with van der Waals surface area (Å²) >= 11 is 5.82. The maximum atomic E-state index is 13.1. The molecule has 0 spiro atoms. The van der Waals surface area contributed by atoms with Crippen LogP contribution in [0.25, 0.3) is 10.9 Å². The smallest absolute Gasteiger partial charge is 0.142 e. The Balaban J connectivity index is 2.97. The number of aromatic nitrogens is 1. The molecule has 0 amide bonds. The van der Waals surface area contributed by atoms with Crippen molar-refractivity contribution < 1.29 is 4.39 Å². The van der Waals surface area contributed by atoms with Crippen LogP contribution in [-0.4, -0.2) is 4.98 Å². The van der Waals surface area contributed by atoms with Crippen molar-refractivity contribution in [1.82, 2.24) is 4.98 Å². The standard InChI is InChI=1S/C10H7ClFN/c1-6-4-5-13-8-3-2-7(12)10(11)9(6)8/h2-5H,1H3. The van der Waals surface area contributed by atoms with Gasteiger partial charge in [-0.25, -0.2) is 4.39 Å². The molecule has 0 radical (unpaired) electrons. The van der Waals surface area contributed by atoms with Crippen LogP contribution < -0.4 is 0 Å². The first-order chi connectivity index (χ1) is 6.20. The molecule has 0 saturated carbocycles. The van der Waals surface area contributed by atoms with Gasteiger partial charge in [-0.05, 0) is 30.7 Å². The Morgan fingerprint density at radius 2 is 2.08 bits per heavy atom. The van der Waals surface area contributed by atoms with Gasteiger partial charge in [0.2, 0.25) is 0 Å². The van der Waals surface area contributed by atoms with E-state index in [0.717, 1.165) is 11.1 Å². The Hall–Kier alpha value is -1.15. The third kappa shape index (κ3) is 1.27. The van der Waals surface area contributed by atoms with Gasteiger partial charge in [0.25, 0.3) is 0 Å². The highest BCUT2D eigenvalue weighted by molar-refractivity contribution is 6.35. The second kappa shape index (κ2) is 2.96. The molecule has 0 fully saturated rings. The van der Waals surface area contributed by atoms with Gasteiger partial charge in [-0.1, -0.05) is 11.6 Å². The van der Waals surface area contributed by atoms with E-state index in [4.69, 9.17) is 11.6 Å². The summed E-state index contributed by atoms with van der Waals surface area (Å²) in [6.45, 7) is 1.88. The van der Waals surface area contributed by atoms with Crippen molar-refractivity contribution in [2.75, 3.05) is 0 Å². The van der Waals surface area contributed by atoms with Crippen molar-refractivity contribution in [3.8, 4) is 0 Å². The average Bonchev–Trinajstić information content (AvgIpc) is 2.12. The predicted octanol–water partition coefficient (Wildman–Crippen LogP) is 3.34. The molecular formula is C10H7ClFN. The van der Waals surface area contributed by atoms with Gasteiger partial charge >= 0.3 is 0 Å². The van der Waals surface area contributed by atoms with Crippen LogP contribution >= 0.6 is 11.6 Å². The Morgan fingerprint density at radius 1 is 1.31 bits per heavy atom. The summed E-state index contributed by atoms with van der Waals surface area (Å²) in [6, 6.07) is 4.77. The number of nitrogens with zero attached hydrogens (tertiary/aromatic N) is 1. The average molecular weight is 196 g/mol. The third-order valence-corrected chi connectivity index (χ3v) is 2.37. The van der Waals surface area contributed by atoms with Gasteiger partial charge in [0.05, 0.1) is 10.5 Å². The highest BCUT2D eigenvalue weighted by atomic mass is 35.5. The highest BCUT2D eigenvalue weighted by Crippen LogP contribution is 2.27. The van der Waals surface area contributed by atoms with Crippen LogP contribution in [0, 0.1) is 12.7 Å². The zero-order chi connectivity index (χ0) is 9.42. The van der Waals surface area contributed by atoms with Gasteiger partial charge in [0, 0.05) is 11.6 Å². The quantitative estimate of drug-likeness (QED) is 0.628. The molecule has 0 atom stereocenters. The summed E-state index contributed by atoms with van der Waals surface area (Å²) in [5, 5.41) is 0.854. The summed E-state index contributed by atoms with van der Waals surface area (Å²) in [4.78, 5) is 4.09. The number of benzene rings is 1. The van der Waals surface area contributed by atoms with Gasteiger partial charge in [-0.2, -0.15) is 0 Å². The summed E-state index contributed by atoms with van der Waals surface area (Å²) in [7, 11) is 0. The van der Waals surface area contributed by atoms with E-state index in [1.807, 2.05) is 13.0 Å². The molecule has 13 heavy (non-hydrogen) atoms. The van der Waals surface area contributed by atoms with Gasteiger partial charge in [-0.15, -0.1) is 0 Å². The van der Waals surface area contributed by atoms with E-state index in [1.165, 1.54) is 6.07 Å². The molecule has 0 unspecified atom stereocenters. The lowest BCUT2D eigenvalue weighted by molar-refractivity contribution is 0.630. The van der Waals surface area contributed by atoms with Crippen LogP contribution in [0.15, 0.2) is 24.4 Å². The van der Waals surface area contributed by atoms with E-state index >= 15 is 0 Å². The van der Waals surface area contributed by atoms with E-state index < -0.39 is 5.82 Å². The maximum absolute atomic E-state index is 13.1. The topological polar surface area (TPSA) is 12.9 Å². The summed E-state index contributed by atoms with van der Waals surface area (Å²) in [5.74, 6) is -0.398. The molecule has 0 N–H and O–H groups in total. The van der Waals surface area contributed by atoms with E-state index in [-0.39, 0.29) is 5.02 Å². The fraction of sp³-hybridized carbons (Fsp3) is 0.100. The molecule has 1 aromatic carbocycles. The number of hydrogen-bond donors (Lipinski definition) is 0. The molecule has 1 nitrogen and oxygen atoms in total. The van der Waals surface area contributed by atoms with E-state index in [1.54, 1.807) is 12.3 Å². The molecule has 1 heterocycles. The van der Waals surface area contributed by atoms with Crippen molar-refractivity contribution >= 4 is 22.5 Å². The van der Waals surface area contributed by atoms with Gasteiger partial charge in [0.1, 0.15) is 5.82 Å². The molecule has 0 saturated heterocycles. The molecule has 2 rings (SSSR count). The first kappa shape index (κ1) is 8.45. The molecule has 66 valence electrons. The number of hydrogen-bond acceptors (Lipinski definition) is 1. The van der Waals surface area contributed by atoms with E-state index in [9.17, 15) is 4.39 Å². The fourth-order valence-electron chi connectivity index (χ4n) is 1.34. The third-order valence-electron chi connectivity index (χ3n) is 2.01. The maximum Gasteiger partial charge on any atom is 0.142 e. The van der Waals surface area contributed by atoms with Crippen LogP contribution in [-0.2, 0) is 0 Å². The second-order valence-electron chi connectivity index (χ2n) is 2.88. The predicted molar refractivity (Wildman–Crippen MR) is 51.4 cm³/mol. The van der Waals surface area contributed by atoms with Crippen molar-refractivity contribution in [3.05, 3.63) is 40.8 Å². The first-order valence-electron chi connectivity index (χ1n) is 3.89. The lowest BCUT2D eigenvalue weighted by Crippen LogP contribution is -1.86. The number of fused-ring (bicyclic) bond motifs is 1. The fourth-order valence-corrected chi connectivity index (χ4v) is 1.64. The summed E-state index contributed by atoms with van der Waals surface area (Å²) in [6.07, 6.45) is 1.69. The Morgan fingerprint density at radius 3 is 2.85 bits per heavy atom. The number of aryl methyl sites for hydroxylation is 1. The minimum atomic E-state index is -0.398. The minimum Gasteiger partial charge on any atom is -0.256 e. The number of halogens is 2. The van der Waals surface area contributed by atoms with E-state index in [2.05, 4.69) is 4.98 Å². The Kier molecular flexibility index (Phi) is 1.93. The monoisotopic (exact) mass is 195 g/mol. The second-order valence-corrected chi connectivity index (χ2v) is 3.26. The van der Waals surface area contributed by atoms with Crippen LogP contribution in [0.3, 0.4) is 0 Å². The first-order valence-corrected chi connectivity index (χ1v) is 4.27. The van der Waals surface area contributed by atoms with E-state index in [0.29, 0.717) is 5.39 Å². The lowest BCUT2D eigenvalue weighted by atomic mass is 10.1. The van der Waals surface area contributed by atoms with Crippen molar-refractivity contribution in [1.29, 1.82) is 0 Å². The number of rotatable bonds is 0. The molecule has 0 aliphatic carbocycles. The zero-order valence-corrected chi connectivity index (χ0v) is 7.77. The minimum absolute atomic E-state index is 0.156. The Labute approximate surface area is 80.2 Å². The molecule has 0 bridgehead atoms.